The highest BCUT2D eigenvalue weighted by molar-refractivity contribution is 6.30. The number of furan rings is 1. The molecule has 32 heavy (non-hydrogen) atoms. The predicted octanol–water partition coefficient (Wildman–Crippen LogP) is 5.71. The third-order valence-corrected chi connectivity index (χ3v) is 5.19. The van der Waals surface area contributed by atoms with Gasteiger partial charge < -0.3 is 19.0 Å². The average molecular weight is 454 g/mol. The molecule has 2 heterocycles. The molecule has 0 aliphatic rings. The van der Waals surface area contributed by atoms with E-state index >= 15 is 0 Å². The molecule has 6 nitrogen and oxygen atoms in total. The summed E-state index contributed by atoms with van der Waals surface area (Å²) in [6.07, 6.45) is 1.53. The first-order chi connectivity index (χ1) is 15.3. The molecule has 0 bridgehead atoms. The Labute approximate surface area is 189 Å². The fourth-order valence-electron chi connectivity index (χ4n) is 3.35. The topological polar surface area (TPSA) is 69.3 Å². The van der Waals surface area contributed by atoms with Crippen molar-refractivity contribution in [1.29, 1.82) is 0 Å². The number of anilines is 2. The van der Waals surface area contributed by atoms with E-state index < -0.39 is 11.4 Å². The Morgan fingerprint density at radius 1 is 1.16 bits per heavy atom. The first-order valence-electron chi connectivity index (χ1n) is 9.87. The molecule has 0 aliphatic heterocycles. The smallest absolute Gasteiger partial charge is 0.316 e. The predicted molar refractivity (Wildman–Crippen MR) is 122 cm³/mol. The zero-order valence-corrected chi connectivity index (χ0v) is 18.5. The van der Waals surface area contributed by atoms with Crippen LogP contribution < -0.4 is 15.6 Å². The van der Waals surface area contributed by atoms with E-state index in [1.165, 1.54) is 25.4 Å². The zero-order valence-electron chi connectivity index (χ0n) is 17.8. The Balaban J connectivity index is 1.75. The highest BCUT2D eigenvalue weighted by Gasteiger charge is 2.13. The van der Waals surface area contributed by atoms with E-state index in [-0.39, 0.29) is 23.3 Å². The fourth-order valence-corrected chi connectivity index (χ4v) is 3.60. The minimum atomic E-state index is -0.515. The van der Waals surface area contributed by atoms with Crippen LogP contribution in [0, 0.1) is 19.7 Å². The molecule has 0 atom stereocenters. The van der Waals surface area contributed by atoms with Gasteiger partial charge in [0.25, 0.3) is 0 Å². The van der Waals surface area contributed by atoms with Crippen LogP contribution in [0.3, 0.4) is 0 Å². The Hall–Kier alpha value is -3.58. The molecular formula is C24H21ClFN3O3. The maximum atomic E-state index is 13.8. The number of hydrogen-bond acceptors (Lipinski definition) is 5. The standard InChI is InChI=1S/C24H21ClFN3O3/c1-14-4-6-17(21-7-5-15(2)32-21)10-20(14)27-24-28-23(30)22(31-3)13-29(24)12-16-8-18(25)11-19(26)9-16/h4-11,13H,12H2,1-3H3,(H,27,28,30). The van der Waals surface area contributed by atoms with Gasteiger partial charge in [0.05, 0.1) is 19.9 Å². The molecule has 0 saturated carbocycles. The number of aromatic nitrogens is 2. The number of nitrogens with one attached hydrogen (secondary N) is 1. The van der Waals surface area contributed by atoms with Crippen LogP contribution in [0.2, 0.25) is 5.02 Å². The van der Waals surface area contributed by atoms with Crippen molar-refractivity contribution < 1.29 is 13.5 Å². The molecule has 8 heteroatoms. The maximum Gasteiger partial charge on any atom is 0.316 e. The third kappa shape index (κ3) is 4.68. The normalized spacial score (nSPS) is 10.9. The number of rotatable bonds is 6. The second-order valence-electron chi connectivity index (χ2n) is 7.41. The van der Waals surface area contributed by atoms with Gasteiger partial charge in [-0.1, -0.05) is 23.7 Å². The number of nitrogens with zero attached hydrogens (tertiary/aromatic N) is 2. The molecule has 0 fully saturated rings. The van der Waals surface area contributed by atoms with Gasteiger partial charge in [-0.05, 0) is 61.4 Å². The molecule has 0 amide bonds. The van der Waals surface area contributed by atoms with Crippen LogP contribution in [0.4, 0.5) is 16.0 Å². The number of aryl methyl sites for hydroxylation is 2. The average Bonchev–Trinajstić information content (AvgIpc) is 3.17. The molecule has 4 rings (SSSR count). The SMILES string of the molecule is COc1cn(Cc2cc(F)cc(Cl)c2)c(Nc2cc(-c3ccc(C)o3)ccc2C)nc1=O. The quantitative estimate of drug-likeness (QED) is 0.404. The van der Waals surface area contributed by atoms with Gasteiger partial charge >= 0.3 is 5.56 Å². The van der Waals surface area contributed by atoms with Crippen LogP contribution in [0.25, 0.3) is 11.3 Å². The van der Waals surface area contributed by atoms with Crippen molar-refractivity contribution in [3.8, 4) is 17.1 Å². The summed E-state index contributed by atoms with van der Waals surface area (Å²) in [6.45, 7) is 4.05. The summed E-state index contributed by atoms with van der Waals surface area (Å²) < 4.78 is 26.4. The molecule has 0 radical (unpaired) electrons. The molecule has 0 unspecified atom stereocenters. The third-order valence-electron chi connectivity index (χ3n) is 4.97. The number of ether oxygens (including phenoxy) is 1. The van der Waals surface area contributed by atoms with Crippen LogP contribution in [0.1, 0.15) is 16.9 Å². The van der Waals surface area contributed by atoms with Crippen LogP contribution >= 0.6 is 11.6 Å². The van der Waals surface area contributed by atoms with E-state index in [1.54, 1.807) is 10.6 Å². The van der Waals surface area contributed by atoms with E-state index in [1.807, 2.05) is 44.2 Å². The van der Waals surface area contributed by atoms with Crippen LogP contribution in [-0.4, -0.2) is 16.7 Å². The van der Waals surface area contributed by atoms with Gasteiger partial charge in [-0.15, -0.1) is 0 Å². The molecule has 0 saturated heterocycles. The Kier molecular flexibility index (Phi) is 6.01. The van der Waals surface area contributed by atoms with Crippen molar-refractivity contribution in [3.63, 3.8) is 0 Å². The lowest BCUT2D eigenvalue weighted by Crippen LogP contribution is -2.19. The van der Waals surface area contributed by atoms with Gasteiger partial charge in [0.2, 0.25) is 11.7 Å². The Morgan fingerprint density at radius 3 is 2.66 bits per heavy atom. The van der Waals surface area contributed by atoms with Crippen molar-refractivity contribution in [1.82, 2.24) is 9.55 Å². The van der Waals surface area contributed by atoms with E-state index in [9.17, 15) is 9.18 Å². The first kappa shape index (κ1) is 21.6. The lowest BCUT2D eigenvalue weighted by atomic mass is 10.1. The van der Waals surface area contributed by atoms with Crippen molar-refractivity contribution in [3.05, 3.63) is 92.8 Å². The van der Waals surface area contributed by atoms with Gasteiger partial charge in [-0.2, -0.15) is 4.98 Å². The second-order valence-corrected chi connectivity index (χ2v) is 7.85. The molecule has 164 valence electrons. The summed E-state index contributed by atoms with van der Waals surface area (Å²) in [4.78, 5) is 16.5. The van der Waals surface area contributed by atoms with E-state index in [0.717, 1.165) is 28.3 Å². The molecule has 2 aromatic carbocycles. The van der Waals surface area contributed by atoms with Gasteiger partial charge in [0.15, 0.2) is 0 Å². The largest absolute Gasteiger partial charge is 0.490 e. The Morgan fingerprint density at radius 2 is 1.97 bits per heavy atom. The summed E-state index contributed by atoms with van der Waals surface area (Å²) in [5.41, 5.74) is 2.67. The summed E-state index contributed by atoms with van der Waals surface area (Å²) in [6, 6.07) is 13.9. The van der Waals surface area contributed by atoms with Crippen molar-refractivity contribution >= 4 is 23.2 Å². The highest BCUT2D eigenvalue weighted by atomic mass is 35.5. The van der Waals surface area contributed by atoms with Gasteiger partial charge in [0, 0.05) is 16.3 Å². The molecule has 2 aromatic heterocycles. The minimum absolute atomic E-state index is 0.0783. The van der Waals surface area contributed by atoms with Crippen molar-refractivity contribution in [2.45, 2.75) is 20.4 Å². The number of hydrogen-bond donors (Lipinski definition) is 1. The fraction of sp³-hybridized carbons (Fsp3) is 0.167. The lowest BCUT2D eigenvalue weighted by Gasteiger charge is -2.17. The number of halogens is 2. The molecule has 0 spiro atoms. The number of methoxy groups -OCH3 is 1. The van der Waals surface area contributed by atoms with Crippen LogP contribution in [0.15, 0.2) is 63.9 Å². The molecular weight excluding hydrogens is 433 g/mol. The molecule has 1 N–H and O–H groups in total. The maximum absolute atomic E-state index is 13.8. The Bertz CT molecular complexity index is 1330. The first-order valence-corrected chi connectivity index (χ1v) is 10.2. The lowest BCUT2D eigenvalue weighted by molar-refractivity contribution is 0.402. The van der Waals surface area contributed by atoms with Crippen molar-refractivity contribution in [2.75, 3.05) is 12.4 Å². The summed E-state index contributed by atoms with van der Waals surface area (Å²) in [7, 11) is 1.40. The molecule has 4 aromatic rings. The van der Waals surface area contributed by atoms with E-state index in [4.69, 9.17) is 20.8 Å². The zero-order chi connectivity index (χ0) is 22.8. The van der Waals surface area contributed by atoms with Crippen LogP contribution in [0.5, 0.6) is 5.75 Å². The van der Waals surface area contributed by atoms with E-state index in [2.05, 4.69) is 10.3 Å². The van der Waals surface area contributed by atoms with E-state index in [0.29, 0.717) is 5.56 Å². The van der Waals surface area contributed by atoms with Crippen LogP contribution in [-0.2, 0) is 6.54 Å². The van der Waals surface area contributed by atoms with Gasteiger partial charge in [-0.3, -0.25) is 4.79 Å². The van der Waals surface area contributed by atoms with Gasteiger partial charge in [-0.25, -0.2) is 4.39 Å². The highest BCUT2D eigenvalue weighted by Crippen LogP contribution is 2.29. The monoisotopic (exact) mass is 453 g/mol. The summed E-state index contributed by atoms with van der Waals surface area (Å²) in [5, 5.41) is 3.51. The second kappa shape index (κ2) is 8.88. The molecule has 0 aliphatic carbocycles. The van der Waals surface area contributed by atoms with Crippen molar-refractivity contribution in [2.24, 2.45) is 0 Å². The summed E-state index contributed by atoms with van der Waals surface area (Å²) in [5.74, 6) is 1.47. The minimum Gasteiger partial charge on any atom is -0.490 e. The summed E-state index contributed by atoms with van der Waals surface area (Å²) >= 11 is 6.00. The number of benzene rings is 2. The van der Waals surface area contributed by atoms with Gasteiger partial charge in [0.1, 0.15) is 17.3 Å².